The standard InChI is InChI=1S/C17H22N6O/c24-17(18-8-10-22-12-19-20-21-22)14-11-16(13-5-2-1-3-6-13)23-9-4-7-15(14)23/h1-3,5-6,12,14-16H,4,7-11H2,(H,18,24)/t14-,15+,16-/m1/s1. The molecule has 7 nitrogen and oxygen atoms in total. The third kappa shape index (κ3) is 2.91. The van der Waals surface area contributed by atoms with Crippen molar-refractivity contribution in [2.45, 2.75) is 37.9 Å². The van der Waals surface area contributed by atoms with Gasteiger partial charge in [-0.25, -0.2) is 4.68 Å². The lowest BCUT2D eigenvalue weighted by Gasteiger charge is -2.24. The summed E-state index contributed by atoms with van der Waals surface area (Å²) in [6.45, 7) is 2.25. The van der Waals surface area contributed by atoms with Gasteiger partial charge in [-0.2, -0.15) is 0 Å². The minimum Gasteiger partial charge on any atom is -0.354 e. The third-order valence-electron chi connectivity index (χ3n) is 5.24. The SMILES string of the molecule is O=C(NCCn1cnnn1)[C@@H]1C[C@H](c2ccccc2)N2CCC[C@@H]12. The fourth-order valence-electron chi connectivity index (χ4n) is 4.16. The molecule has 7 heteroatoms. The van der Waals surface area contributed by atoms with E-state index in [-0.39, 0.29) is 11.8 Å². The van der Waals surface area contributed by atoms with Crippen LogP contribution in [0.25, 0.3) is 0 Å². The van der Waals surface area contributed by atoms with Crippen LogP contribution in [0.1, 0.15) is 30.9 Å². The van der Waals surface area contributed by atoms with Crippen LogP contribution in [-0.4, -0.2) is 50.1 Å². The lowest BCUT2D eigenvalue weighted by atomic mass is 9.93. The topological polar surface area (TPSA) is 75.9 Å². The maximum atomic E-state index is 12.7. The number of aromatic nitrogens is 4. The molecular formula is C17H22N6O. The molecule has 2 fully saturated rings. The summed E-state index contributed by atoms with van der Waals surface area (Å²) < 4.78 is 1.63. The minimum absolute atomic E-state index is 0.0755. The van der Waals surface area contributed by atoms with E-state index in [9.17, 15) is 4.79 Å². The zero-order valence-corrected chi connectivity index (χ0v) is 13.6. The second-order valence-electron chi connectivity index (χ2n) is 6.58. The first-order chi connectivity index (χ1) is 11.8. The maximum Gasteiger partial charge on any atom is 0.224 e. The van der Waals surface area contributed by atoms with Gasteiger partial charge in [0.25, 0.3) is 0 Å². The summed E-state index contributed by atoms with van der Waals surface area (Å²) in [4.78, 5) is 15.2. The molecule has 1 aromatic heterocycles. The van der Waals surface area contributed by atoms with Gasteiger partial charge in [0.15, 0.2) is 0 Å². The molecule has 24 heavy (non-hydrogen) atoms. The van der Waals surface area contributed by atoms with E-state index in [1.807, 2.05) is 6.07 Å². The second kappa shape index (κ2) is 6.68. The van der Waals surface area contributed by atoms with Crippen molar-refractivity contribution in [1.29, 1.82) is 0 Å². The van der Waals surface area contributed by atoms with Crippen molar-refractivity contribution in [3.63, 3.8) is 0 Å². The summed E-state index contributed by atoms with van der Waals surface area (Å²) in [5.41, 5.74) is 1.33. The highest BCUT2D eigenvalue weighted by Crippen LogP contribution is 2.44. The first-order valence-corrected chi connectivity index (χ1v) is 8.62. The summed E-state index contributed by atoms with van der Waals surface area (Å²) in [5, 5.41) is 14.1. The Morgan fingerprint density at radius 2 is 2.17 bits per heavy atom. The molecule has 0 aliphatic carbocycles. The Morgan fingerprint density at radius 3 is 2.96 bits per heavy atom. The second-order valence-corrected chi connectivity index (χ2v) is 6.58. The van der Waals surface area contributed by atoms with Crippen LogP contribution in [0, 0.1) is 5.92 Å². The van der Waals surface area contributed by atoms with Gasteiger partial charge < -0.3 is 5.32 Å². The average molecular weight is 326 g/mol. The highest BCUT2D eigenvalue weighted by atomic mass is 16.2. The minimum atomic E-state index is 0.0755. The Balaban J connectivity index is 1.40. The predicted octanol–water partition coefficient (Wildman–Crippen LogP) is 1.01. The fourth-order valence-corrected chi connectivity index (χ4v) is 4.16. The zero-order chi connectivity index (χ0) is 16.4. The molecule has 126 valence electrons. The molecule has 0 bridgehead atoms. The smallest absolute Gasteiger partial charge is 0.224 e. The van der Waals surface area contributed by atoms with Crippen molar-refractivity contribution in [2.75, 3.05) is 13.1 Å². The van der Waals surface area contributed by atoms with Crippen LogP contribution in [0.4, 0.5) is 0 Å². The van der Waals surface area contributed by atoms with Crippen molar-refractivity contribution in [1.82, 2.24) is 30.4 Å². The number of fused-ring (bicyclic) bond motifs is 1. The molecule has 0 radical (unpaired) electrons. The highest BCUT2D eigenvalue weighted by molar-refractivity contribution is 5.80. The molecule has 0 unspecified atom stereocenters. The van der Waals surface area contributed by atoms with E-state index < -0.39 is 0 Å². The Morgan fingerprint density at radius 1 is 1.29 bits per heavy atom. The van der Waals surface area contributed by atoms with Crippen molar-refractivity contribution < 1.29 is 4.79 Å². The van der Waals surface area contributed by atoms with Crippen LogP contribution >= 0.6 is 0 Å². The highest BCUT2D eigenvalue weighted by Gasteiger charge is 2.46. The number of carbonyl (C=O) groups excluding carboxylic acids is 1. The van der Waals surface area contributed by atoms with Crippen LogP contribution < -0.4 is 5.32 Å². The lowest BCUT2D eigenvalue weighted by molar-refractivity contribution is -0.125. The van der Waals surface area contributed by atoms with Crippen LogP contribution in [0.2, 0.25) is 0 Å². The number of nitrogens with one attached hydrogen (secondary N) is 1. The van der Waals surface area contributed by atoms with E-state index in [0.29, 0.717) is 25.2 Å². The Kier molecular flexibility index (Phi) is 4.25. The van der Waals surface area contributed by atoms with E-state index in [1.165, 1.54) is 12.0 Å². The zero-order valence-electron chi connectivity index (χ0n) is 13.6. The van der Waals surface area contributed by atoms with Crippen LogP contribution in [0.5, 0.6) is 0 Å². The quantitative estimate of drug-likeness (QED) is 0.888. The van der Waals surface area contributed by atoms with Crippen LogP contribution in [0.15, 0.2) is 36.7 Å². The Bertz CT molecular complexity index is 674. The maximum absolute atomic E-state index is 12.7. The molecule has 2 saturated heterocycles. The number of hydrogen-bond acceptors (Lipinski definition) is 5. The van der Waals surface area contributed by atoms with Gasteiger partial charge in [-0.3, -0.25) is 9.69 Å². The predicted molar refractivity (Wildman–Crippen MR) is 87.8 cm³/mol. The summed E-state index contributed by atoms with van der Waals surface area (Å²) in [5.74, 6) is 0.241. The molecule has 2 aromatic rings. The van der Waals surface area contributed by atoms with E-state index in [2.05, 4.69) is 50.0 Å². The monoisotopic (exact) mass is 326 g/mol. The Hall–Kier alpha value is -2.28. The third-order valence-corrected chi connectivity index (χ3v) is 5.24. The number of carbonyl (C=O) groups is 1. The first kappa shape index (κ1) is 15.3. The van der Waals surface area contributed by atoms with Gasteiger partial charge in [-0.1, -0.05) is 30.3 Å². The van der Waals surface area contributed by atoms with E-state index in [1.54, 1.807) is 11.0 Å². The van der Waals surface area contributed by atoms with Gasteiger partial charge in [0, 0.05) is 18.6 Å². The van der Waals surface area contributed by atoms with Gasteiger partial charge in [-0.15, -0.1) is 5.10 Å². The van der Waals surface area contributed by atoms with Crippen molar-refractivity contribution in [3.05, 3.63) is 42.2 Å². The van der Waals surface area contributed by atoms with E-state index in [0.717, 1.165) is 19.4 Å². The molecular weight excluding hydrogens is 304 g/mol. The average Bonchev–Trinajstić information content (AvgIpc) is 3.33. The molecule has 2 aliphatic heterocycles. The van der Waals surface area contributed by atoms with E-state index in [4.69, 9.17) is 0 Å². The number of benzene rings is 1. The summed E-state index contributed by atoms with van der Waals surface area (Å²) in [6.07, 6.45) is 4.77. The molecule has 3 heterocycles. The fraction of sp³-hybridized carbons (Fsp3) is 0.529. The van der Waals surface area contributed by atoms with Crippen molar-refractivity contribution in [3.8, 4) is 0 Å². The molecule has 4 rings (SSSR count). The number of rotatable bonds is 5. The van der Waals surface area contributed by atoms with Crippen LogP contribution in [0.3, 0.4) is 0 Å². The largest absolute Gasteiger partial charge is 0.354 e. The molecule has 0 spiro atoms. The first-order valence-electron chi connectivity index (χ1n) is 8.62. The lowest BCUT2D eigenvalue weighted by Crippen LogP contribution is -2.38. The molecule has 1 N–H and O–H groups in total. The van der Waals surface area contributed by atoms with Gasteiger partial charge in [-0.05, 0) is 41.8 Å². The summed E-state index contributed by atoms with van der Waals surface area (Å²) >= 11 is 0. The summed E-state index contributed by atoms with van der Waals surface area (Å²) in [6, 6.07) is 11.3. The van der Waals surface area contributed by atoms with Gasteiger partial charge >= 0.3 is 0 Å². The number of tetrazole rings is 1. The molecule has 0 saturated carbocycles. The summed E-state index contributed by atoms with van der Waals surface area (Å²) in [7, 11) is 0. The number of hydrogen-bond donors (Lipinski definition) is 1. The van der Waals surface area contributed by atoms with Crippen molar-refractivity contribution >= 4 is 5.91 Å². The normalized spacial score (nSPS) is 26.4. The molecule has 1 amide bonds. The molecule has 1 aromatic carbocycles. The molecule has 3 atom stereocenters. The van der Waals surface area contributed by atoms with Gasteiger partial charge in [0.1, 0.15) is 6.33 Å². The van der Waals surface area contributed by atoms with Gasteiger partial charge in [0.2, 0.25) is 5.91 Å². The van der Waals surface area contributed by atoms with Crippen LogP contribution in [-0.2, 0) is 11.3 Å². The van der Waals surface area contributed by atoms with E-state index >= 15 is 0 Å². The molecule has 2 aliphatic rings. The Labute approximate surface area is 141 Å². The van der Waals surface area contributed by atoms with Crippen molar-refractivity contribution in [2.24, 2.45) is 5.92 Å². The number of nitrogens with zero attached hydrogens (tertiary/aromatic N) is 5. The number of amides is 1. The van der Waals surface area contributed by atoms with Gasteiger partial charge in [0.05, 0.1) is 12.5 Å².